The van der Waals surface area contributed by atoms with Crippen molar-refractivity contribution in [2.75, 3.05) is 5.75 Å². The monoisotopic (exact) mass is 399 g/mol. The summed E-state index contributed by atoms with van der Waals surface area (Å²) in [5.41, 5.74) is 8.46. The van der Waals surface area contributed by atoms with Crippen LogP contribution in [0.3, 0.4) is 0 Å². The van der Waals surface area contributed by atoms with Crippen molar-refractivity contribution in [3.8, 4) is 5.69 Å². The van der Waals surface area contributed by atoms with Crippen molar-refractivity contribution in [2.24, 2.45) is 0 Å². The summed E-state index contributed by atoms with van der Waals surface area (Å²) >= 11 is 1.23. The van der Waals surface area contributed by atoms with E-state index in [0.29, 0.717) is 22.2 Å². The number of aromatic nitrogens is 3. The molecule has 0 aliphatic heterocycles. The summed E-state index contributed by atoms with van der Waals surface area (Å²) in [6.45, 7) is 7.53. The second-order valence-electron chi connectivity index (χ2n) is 6.37. The lowest BCUT2D eigenvalue weighted by atomic mass is 10.1. The van der Waals surface area contributed by atoms with E-state index in [9.17, 15) is 9.59 Å². The molecule has 3 rings (SSSR count). The van der Waals surface area contributed by atoms with Crippen LogP contribution in [0.1, 0.15) is 33.0 Å². The molecule has 28 heavy (non-hydrogen) atoms. The molecule has 0 aliphatic rings. The van der Waals surface area contributed by atoms with E-state index in [1.54, 1.807) is 26.2 Å². The van der Waals surface area contributed by atoms with Crippen molar-refractivity contribution in [3.05, 3.63) is 58.8 Å². The fraction of sp³-hybridized carbons (Fsp3) is 0.263. The predicted molar refractivity (Wildman–Crippen MR) is 105 cm³/mol. The van der Waals surface area contributed by atoms with E-state index < -0.39 is 5.91 Å². The summed E-state index contributed by atoms with van der Waals surface area (Å²) in [4.78, 5) is 24.2. The second kappa shape index (κ2) is 8.30. The lowest BCUT2D eigenvalue weighted by molar-refractivity contribution is -0.119. The lowest BCUT2D eigenvalue weighted by Gasteiger charge is -2.09. The zero-order valence-corrected chi connectivity index (χ0v) is 16.9. The zero-order valence-electron chi connectivity index (χ0n) is 16.1. The number of aryl methyl sites for hydroxylation is 4. The Kier molecular flexibility index (Phi) is 5.84. The Labute approximate surface area is 166 Å². The van der Waals surface area contributed by atoms with Gasteiger partial charge in [-0.2, -0.15) is 0 Å². The van der Waals surface area contributed by atoms with Crippen LogP contribution in [0.25, 0.3) is 5.69 Å². The summed E-state index contributed by atoms with van der Waals surface area (Å²) in [7, 11) is 0. The highest BCUT2D eigenvalue weighted by molar-refractivity contribution is 7.99. The molecular weight excluding hydrogens is 378 g/mol. The summed E-state index contributed by atoms with van der Waals surface area (Å²) < 4.78 is 7.13. The maximum Gasteiger partial charge on any atom is 0.273 e. The van der Waals surface area contributed by atoms with E-state index >= 15 is 0 Å². The van der Waals surface area contributed by atoms with Gasteiger partial charge in [-0.15, -0.1) is 10.2 Å². The number of hydrogen-bond donors (Lipinski definition) is 2. The number of amides is 2. The molecule has 0 radical (unpaired) electrons. The van der Waals surface area contributed by atoms with Gasteiger partial charge in [-0.3, -0.25) is 25.0 Å². The third-order valence-corrected chi connectivity index (χ3v) is 5.16. The third-order valence-electron chi connectivity index (χ3n) is 4.22. The Morgan fingerprint density at radius 1 is 1.11 bits per heavy atom. The molecular formula is C19H21N5O3S. The second-order valence-corrected chi connectivity index (χ2v) is 7.31. The highest BCUT2D eigenvalue weighted by Gasteiger charge is 2.15. The number of hydrazine groups is 1. The number of furan rings is 1. The van der Waals surface area contributed by atoms with Gasteiger partial charge in [-0.05, 0) is 57.0 Å². The molecule has 0 aliphatic carbocycles. The van der Waals surface area contributed by atoms with E-state index in [0.717, 1.165) is 11.3 Å². The van der Waals surface area contributed by atoms with Gasteiger partial charge in [0.25, 0.3) is 5.91 Å². The van der Waals surface area contributed by atoms with Gasteiger partial charge in [0.2, 0.25) is 5.91 Å². The molecule has 0 saturated carbocycles. The van der Waals surface area contributed by atoms with Crippen LogP contribution in [-0.4, -0.2) is 32.3 Å². The lowest BCUT2D eigenvalue weighted by Crippen LogP contribution is -2.42. The topological polar surface area (TPSA) is 102 Å². The van der Waals surface area contributed by atoms with Crippen LogP contribution in [0.15, 0.2) is 40.2 Å². The van der Waals surface area contributed by atoms with Crippen molar-refractivity contribution < 1.29 is 14.0 Å². The molecule has 2 heterocycles. The summed E-state index contributed by atoms with van der Waals surface area (Å²) in [6.07, 6.45) is 1.61. The highest BCUT2D eigenvalue weighted by Crippen LogP contribution is 2.21. The zero-order chi connectivity index (χ0) is 20.3. The van der Waals surface area contributed by atoms with Gasteiger partial charge in [0.15, 0.2) is 5.16 Å². The Morgan fingerprint density at radius 2 is 1.89 bits per heavy atom. The van der Waals surface area contributed by atoms with Gasteiger partial charge in [0.1, 0.15) is 17.8 Å². The third kappa shape index (κ3) is 4.42. The number of nitrogens with one attached hydrogen (secondary N) is 2. The first-order valence-corrected chi connectivity index (χ1v) is 9.60. The van der Waals surface area contributed by atoms with Crippen LogP contribution in [0.2, 0.25) is 0 Å². The molecule has 2 aromatic heterocycles. The minimum atomic E-state index is -0.425. The smallest absolute Gasteiger partial charge is 0.273 e. The molecule has 0 bridgehead atoms. The van der Waals surface area contributed by atoms with Gasteiger partial charge >= 0.3 is 0 Å². The summed E-state index contributed by atoms with van der Waals surface area (Å²) in [5, 5.41) is 8.59. The van der Waals surface area contributed by atoms with Crippen molar-refractivity contribution in [1.82, 2.24) is 25.6 Å². The molecule has 0 spiro atoms. The standard InChI is InChI=1S/C19H21N5O3S/c1-11-5-6-15(7-12(11)2)24-10-20-23-19(24)28-9-17(25)21-22-18(26)16-8-13(3)27-14(16)4/h5-8,10H,9H2,1-4H3,(H,21,25)(H,22,26). The molecule has 1 aromatic carbocycles. The molecule has 0 atom stereocenters. The first-order chi connectivity index (χ1) is 13.3. The minimum Gasteiger partial charge on any atom is -0.466 e. The Bertz CT molecular complexity index is 1020. The van der Waals surface area contributed by atoms with Crippen molar-refractivity contribution in [2.45, 2.75) is 32.9 Å². The van der Waals surface area contributed by atoms with E-state index in [2.05, 4.69) is 21.0 Å². The molecule has 9 heteroatoms. The number of nitrogens with zero attached hydrogens (tertiary/aromatic N) is 3. The average molecular weight is 399 g/mol. The number of benzene rings is 1. The first kappa shape index (κ1) is 19.7. The molecule has 146 valence electrons. The van der Waals surface area contributed by atoms with Crippen LogP contribution in [-0.2, 0) is 4.79 Å². The quantitative estimate of drug-likeness (QED) is 0.505. The molecule has 0 saturated heterocycles. The predicted octanol–water partition coefficient (Wildman–Crippen LogP) is 2.65. The van der Waals surface area contributed by atoms with Crippen LogP contribution < -0.4 is 10.9 Å². The molecule has 8 nitrogen and oxygen atoms in total. The van der Waals surface area contributed by atoms with Gasteiger partial charge < -0.3 is 4.42 Å². The molecule has 0 unspecified atom stereocenters. The number of carbonyl (C=O) groups is 2. The van der Waals surface area contributed by atoms with Crippen LogP contribution in [0.4, 0.5) is 0 Å². The Balaban J connectivity index is 1.57. The average Bonchev–Trinajstić information content (AvgIpc) is 3.26. The van der Waals surface area contributed by atoms with Crippen LogP contribution >= 0.6 is 11.8 Å². The van der Waals surface area contributed by atoms with E-state index in [1.807, 2.05) is 36.6 Å². The highest BCUT2D eigenvalue weighted by atomic mass is 32.2. The molecule has 2 amide bonds. The van der Waals surface area contributed by atoms with E-state index in [1.165, 1.54) is 17.3 Å². The maximum atomic E-state index is 12.1. The number of hydrogen-bond acceptors (Lipinski definition) is 6. The first-order valence-electron chi connectivity index (χ1n) is 8.62. The normalized spacial score (nSPS) is 10.7. The number of thioether (sulfide) groups is 1. The summed E-state index contributed by atoms with van der Waals surface area (Å²) in [6, 6.07) is 7.67. The van der Waals surface area contributed by atoms with Gasteiger partial charge in [-0.1, -0.05) is 17.8 Å². The van der Waals surface area contributed by atoms with Crippen molar-refractivity contribution in [1.29, 1.82) is 0 Å². The summed E-state index contributed by atoms with van der Waals surface area (Å²) in [5.74, 6) is 0.430. The van der Waals surface area contributed by atoms with Gasteiger partial charge in [-0.25, -0.2) is 0 Å². The fourth-order valence-electron chi connectivity index (χ4n) is 2.59. The Hall–Kier alpha value is -3.07. The van der Waals surface area contributed by atoms with Crippen molar-refractivity contribution in [3.63, 3.8) is 0 Å². The molecule has 3 aromatic rings. The number of carbonyl (C=O) groups excluding carboxylic acids is 2. The molecule has 2 N–H and O–H groups in total. The number of rotatable bonds is 5. The Morgan fingerprint density at radius 3 is 2.57 bits per heavy atom. The van der Waals surface area contributed by atoms with Crippen molar-refractivity contribution >= 4 is 23.6 Å². The maximum absolute atomic E-state index is 12.1. The SMILES string of the molecule is Cc1cc(C(=O)NNC(=O)CSc2nncn2-c2ccc(C)c(C)c2)c(C)o1. The van der Waals surface area contributed by atoms with E-state index in [-0.39, 0.29) is 11.7 Å². The fourth-order valence-corrected chi connectivity index (χ4v) is 3.32. The van der Waals surface area contributed by atoms with E-state index in [4.69, 9.17) is 4.42 Å². The van der Waals surface area contributed by atoms with Gasteiger partial charge in [0, 0.05) is 5.69 Å². The largest absolute Gasteiger partial charge is 0.466 e. The van der Waals surface area contributed by atoms with Crippen LogP contribution in [0.5, 0.6) is 0 Å². The van der Waals surface area contributed by atoms with Crippen LogP contribution in [0, 0.1) is 27.7 Å². The molecule has 0 fully saturated rings. The van der Waals surface area contributed by atoms with Gasteiger partial charge in [0.05, 0.1) is 11.3 Å². The minimum absolute atomic E-state index is 0.0766.